The van der Waals surface area contributed by atoms with Crippen LogP contribution >= 0.6 is 0 Å². The minimum Gasteiger partial charge on any atom is -0.347 e. The van der Waals surface area contributed by atoms with Crippen molar-refractivity contribution in [3.05, 3.63) is 0 Å². The zero-order valence-corrected chi connectivity index (χ0v) is 9.42. The van der Waals surface area contributed by atoms with E-state index >= 15 is 0 Å². The molecule has 0 bridgehead atoms. The Morgan fingerprint density at radius 1 is 1.19 bits per heavy atom. The van der Waals surface area contributed by atoms with Gasteiger partial charge in [-0.2, -0.15) is 0 Å². The molecule has 5 heteroatoms. The van der Waals surface area contributed by atoms with E-state index in [-0.39, 0.29) is 0 Å². The van der Waals surface area contributed by atoms with Crippen LogP contribution in [0.15, 0.2) is 0 Å². The molecule has 0 aromatic carbocycles. The largest absolute Gasteiger partial charge is 0.347 e. The van der Waals surface area contributed by atoms with Crippen LogP contribution in [0.2, 0.25) is 0 Å². The van der Waals surface area contributed by atoms with Crippen molar-refractivity contribution in [2.24, 2.45) is 17.1 Å². The van der Waals surface area contributed by atoms with Crippen LogP contribution in [0, 0.1) is 11.3 Å². The molecule has 16 heavy (non-hydrogen) atoms. The van der Waals surface area contributed by atoms with Crippen LogP contribution in [0.1, 0.15) is 25.7 Å². The second-order valence-electron chi connectivity index (χ2n) is 4.86. The first-order valence-electron chi connectivity index (χ1n) is 5.94. The number of amides is 2. The third-order valence-corrected chi connectivity index (χ3v) is 3.57. The molecule has 2 fully saturated rings. The fraction of sp³-hybridized carbons (Fsp3) is 0.818. The van der Waals surface area contributed by atoms with E-state index in [0.29, 0.717) is 25.0 Å². The second kappa shape index (κ2) is 4.41. The molecule has 0 aliphatic heterocycles. The Bertz CT molecular complexity index is 296. The lowest BCUT2D eigenvalue weighted by Crippen LogP contribution is -2.43. The molecule has 4 N–H and O–H groups in total. The fourth-order valence-corrected chi connectivity index (χ4v) is 2.19. The van der Waals surface area contributed by atoms with Crippen LogP contribution in [0.3, 0.4) is 0 Å². The summed E-state index contributed by atoms with van der Waals surface area (Å²) in [5.74, 6) is -0.308. The van der Waals surface area contributed by atoms with E-state index in [1.165, 1.54) is 25.7 Å². The maximum absolute atomic E-state index is 11.4. The Morgan fingerprint density at radius 2 is 1.81 bits per heavy atom. The van der Waals surface area contributed by atoms with E-state index < -0.39 is 11.8 Å². The lowest BCUT2D eigenvalue weighted by Gasteiger charge is -2.14. The third kappa shape index (κ3) is 2.52. The molecule has 0 heterocycles. The Balaban J connectivity index is 1.69. The Labute approximate surface area is 95.1 Å². The van der Waals surface area contributed by atoms with E-state index in [9.17, 15) is 9.59 Å². The van der Waals surface area contributed by atoms with Crippen molar-refractivity contribution >= 4 is 11.8 Å². The molecule has 0 saturated heterocycles. The molecule has 0 aromatic heterocycles. The first-order chi connectivity index (χ1) is 7.68. The first kappa shape index (κ1) is 11.4. The lowest BCUT2D eigenvalue weighted by atomic mass is 10.0. The van der Waals surface area contributed by atoms with Gasteiger partial charge >= 0.3 is 11.8 Å². The summed E-state index contributed by atoms with van der Waals surface area (Å²) < 4.78 is 0. The van der Waals surface area contributed by atoms with Gasteiger partial charge in [0.1, 0.15) is 0 Å². The predicted octanol–water partition coefficient (Wildman–Crippen LogP) is -0.632. The smallest absolute Gasteiger partial charge is 0.309 e. The molecule has 2 saturated carbocycles. The molecule has 2 aliphatic carbocycles. The number of rotatable bonds is 5. The molecule has 0 aromatic rings. The zero-order valence-electron chi connectivity index (χ0n) is 9.42. The van der Waals surface area contributed by atoms with Crippen molar-refractivity contribution in [2.45, 2.75) is 25.7 Å². The molecule has 2 aliphatic rings. The summed E-state index contributed by atoms with van der Waals surface area (Å²) in [6.07, 6.45) is 4.97. The van der Waals surface area contributed by atoms with E-state index in [4.69, 9.17) is 5.73 Å². The van der Waals surface area contributed by atoms with E-state index in [1.54, 1.807) is 0 Å². The summed E-state index contributed by atoms with van der Waals surface area (Å²) in [7, 11) is 0. The fourth-order valence-electron chi connectivity index (χ4n) is 2.19. The molecule has 90 valence electrons. The molecular weight excluding hydrogens is 206 g/mol. The second-order valence-corrected chi connectivity index (χ2v) is 4.86. The van der Waals surface area contributed by atoms with E-state index in [0.717, 1.165) is 5.92 Å². The SMILES string of the molecule is NCCNC(=O)C(=O)NCC1(C2CC2)CC1. The Kier molecular flexibility index (Phi) is 3.14. The van der Waals surface area contributed by atoms with Gasteiger partial charge in [-0.3, -0.25) is 9.59 Å². The van der Waals surface area contributed by atoms with Gasteiger partial charge in [0, 0.05) is 19.6 Å². The maximum atomic E-state index is 11.4. The van der Waals surface area contributed by atoms with Crippen LogP contribution < -0.4 is 16.4 Å². The van der Waals surface area contributed by atoms with Crippen molar-refractivity contribution in [3.8, 4) is 0 Å². The van der Waals surface area contributed by atoms with Gasteiger partial charge in [0.2, 0.25) is 0 Å². The molecule has 0 atom stereocenters. The standard InChI is InChI=1S/C11H19N3O2/c12-5-6-13-9(15)10(16)14-7-11(3-4-11)8-1-2-8/h8H,1-7,12H2,(H,13,15)(H,14,16). The summed E-state index contributed by atoms with van der Waals surface area (Å²) in [5, 5.41) is 5.18. The topological polar surface area (TPSA) is 84.2 Å². The molecular formula is C11H19N3O2. The number of hydrogen-bond acceptors (Lipinski definition) is 3. The van der Waals surface area contributed by atoms with Gasteiger partial charge in [-0.15, -0.1) is 0 Å². The van der Waals surface area contributed by atoms with Gasteiger partial charge in [-0.1, -0.05) is 0 Å². The van der Waals surface area contributed by atoms with Gasteiger partial charge < -0.3 is 16.4 Å². The quantitative estimate of drug-likeness (QED) is 0.545. The monoisotopic (exact) mass is 225 g/mol. The highest BCUT2D eigenvalue weighted by Gasteiger charge is 2.53. The molecule has 0 unspecified atom stereocenters. The maximum Gasteiger partial charge on any atom is 0.309 e. The Hall–Kier alpha value is -1.10. The van der Waals surface area contributed by atoms with Crippen molar-refractivity contribution in [2.75, 3.05) is 19.6 Å². The summed E-state index contributed by atoms with van der Waals surface area (Å²) in [6, 6.07) is 0. The number of carbonyl (C=O) groups excluding carboxylic acids is 2. The van der Waals surface area contributed by atoms with Gasteiger partial charge in [-0.05, 0) is 37.0 Å². The number of hydrogen-bond donors (Lipinski definition) is 3. The highest BCUT2D eigenvalue weighted by atomic mass is 16.2. The van der Waals surface area contributed by atoms with Crippen LogP contribution in [0.4, 0.5) is 0 Å². The van der Waals surface area contributed by atoms with Crippen molar-refractivity contribution in [1.82, 2.24) is 10.6 Å². The van der Waals surface area contributed by atoms with Crippen LogP contribution in [0.25, 0.3) is 0 Å². The number of carbonyl (C=O) groups is 2. The van der Waals surface area contributed by atoms with Crippen LogP contribution in [-0.2, 0) is 9.59 Å². The third-order valence-electron chi connectivity index (χ3n) is 3.57. The highest BCUT2D eigenvalue weighted by Crippen LogP contribution is 2.60. The summed E-state index contributed by atoms with van der Waals surface area (Å²) in [6.45, 7) is 1.36. The summed E-state index contributed by atoms with van der Waals surface area (Å²) in [5.41, 5.74) is 5.57. The Morgan fingerprint density at radius 3 is 2.31 bits per heavy atom. The van der Waals surface area contributed by atoms with Crippen molar-refractivity contribution in [3.63, 3.8) is 0 Å². The first-order valence-corrected chi connectivity index (χ1v) is 5.94. The van der Waals surface area contributed by atoms with Crippen molar-refractivity contribution in [1.29, 1.82) is 0 Å². The molecule has 0 radical (unpaired) electrons. The molecule has 2 rings (SSSR count). The normalized spacial score (nSPS) is 21.3. The summed E-state index contributed by atoms with van der Waals surface area (Å²) >= 11 is 0. The van der Waals surface area contributed by atoms with E-state index in [2.05, 4.69) is 10.6 Å². The van der Waals surface area contributed by atoms with Gasteiger partial charge in [-0.25, -0.2) is 0 Å². The van der Waals surface area contributed by atoms with E-state index in [1.807, 2.05) is 0 Å². The predicted molar refractivity (Wildman–Crippen MR) is 59.5 cm³/mol. The zero-order chi connectivity index (χ0) is 11.6. The highest BCUT2D eigenvalue weighted by molar-refractivity contribution is 6.35. The van der Waals surface area contributed by atoms with Gasteiger partial charge in [0.25, 0.3) is 0 Å². The minimum absolute atomic E-state index is 0.337. The number of nitrogens with one attached hydrogen (secondary N) is 2. The van der Waals surface area contributed by atoms with Crippen LogP contribution in [0.5, 0.6) is 0 Å². The van der Waals surface area contributed by atoms with Crippen LogP contribution in [-0.4, -0.2) is 31.4 Å². The number of nitrogens with two attached hydrogens (primary N) is 1. The van der Waals surface area contributed by atoms with Gasteiger partial charge in [0.15, 0.2) is 0 Å². The van der Waals surface area contributed by atoms with Crippen molar-refractivity contribution < 1.29 is 9.59 Å². The average molecular weight is 225 g/mol. The molecule has 5 nitrogen and oxygen atoms in total. The molecule has 2 amide bonds. The summed E-state index contributed by atoms with van der Waals surface area (Å²) in [4.78, 5) is 22.6. The van der Waals surface area contributed by atoms with Gasteiger partial charge in [0.05, 0.1) is 0 Å². The lowest BCUT2D eigenvalue weighted by molar-refractivity contribution is -0.139. The molecule has 0 spiro atoms. The minimum atomic E-state index is -0.572. The average Bonchev–Trinajstić information content (AvgIpc) is 3.14.